The summed E-state index contributed by atoms with van der Waals surface area (Å²) in [5.41, 5.74) is 1.17. The van der Waals surface area contributed by atoms with Crippen molar-refractivity contribution in [1.29, 1.82) is 0 Å². The Morgan fingerprint density at radius 2 is 2.29 bits per heavy atom. The second kappa shape index (κ2) is 7.66. The van der Waals surface area contributed by atoms with E-state index in [9.17, 15) is 4.79 Å². The van der Waals surface area contributed by atoms with Crippen LogP contribution >= 0.6 is 15.9 Å². The standard InChI is InChI=1S/C15H22BrN3O2/c1-11(2)18-10-12-9-13(3-4-14(12)16)21-8-7-19-6-5-17-15(19)20/h3-4,9,11,18H,5-8,10H2,1-2H3,(H,17,20). The molecule has 2 N–H and O–H groups in total. The number of nitrogens with one attached hydrogen (secondary N) is 2. The molecule has 0 aromatic heterocycles. The summed E-state index contributed by atoms with van der Waals surface area (Å²) in [4.78, 5) is 13.2. The average molecular weight is 356 g/mol. The Morgan fingerprint density at radius 1 is 1.48 bits per heavy atom. The largest absolute Gasteiger partial charge is 0.492 e. The van der Waals surface area contributed by atoms with Gasteiger partial charge in [0.15, 0.2) is 0 Å². The monoisotopic (exact) mass is 355 g/mol. The molecule has 1 aliphatic heterocycles. The summed E-state index contributed by atoms with van der Waals surface area (Å²) < 4.78 is 6.82. The maximum Gasteiger partial charge on any atom is 0.317 e. The molecule has 1 heterocycles. The summed E-state index contributed by atoms with van der Waals surface area (Å²) in [5.74, 6) is 0.832. The Balaban J connectivity index is 1.85. The fourth-order valence-corrected chi connectivity index (χ4v) is 2.48. The van der Waals surface area contributed by atoms with Crippen LogP contribution in [0.25, 0.3) is 0 Å². The van der Waals surface area contributed by atoms with Crippen LogP contribution in [0.3, 0.4) is 0 Å². The quantitative estimate of drug-likeness (QED) is 0.789. The Morgan fingerprint density at radius 3 is 2.95 bits per heavy atom. The van der Waals surface area contributed by atoms with Gasteiger partial charge in [-0.2, -0.15) is 0 Å². The molecule has 1 aliphatic rings. The van der Waals surface area contributed by atoms with Gasteiger partial charge in [0.25, 0.3) is 0 Å². The van der Waals surface area contributed by atoms with Crippen molar-refractivity contribution in [1.82, 2.24) is 15.5 Å². The summed E-state index contributed by atoms with van der Waals surface area (Å²) in [6.07, 6.45) is 0. The molecule has 2 rings (SSSR count). The summed E-state index contributed by atoms with van der Waals surface area (Å²) in [7, 11) is 0. The third-order valence-corrected chi connectivity index (χ3v) is 4.07. The van der Waals surface area contributed by atoms with E-state index in [0.717, 1.165) is 29.9 Å². The van der Waals surface area contributed by atoms with Gasteiger partial charge in [-0.15, -0.1) is 0 Å². The first-order valence-electron chi connectivity index (χ1n) is 7.23. The van der Waals surface area contributed by atoms with Crippen LogP contribution < -0.4 is 15.4 Å². The highest BCUT2D eigenvalue weighted by Crippen LogP contribution is 2.22. The minimum Gasteiger partial charge on any atom is -0.492 e. The summed E-state index contributed by atoms with van der Waals surface area (Å²) in [5, 5.41) is 6.17. The van der Waals surface area contributed by atoms with E-state index in [1.807, 2.05) is 18.2 Å². The molecule has 0 aliphatic carbocycles. The van der Waals surface area contributed by atoms with Crippen LogP contribution in [-0.2, 0) is 6.54 Å². The molecule has 1 aromatic rings. The van der Waals surface area contributed by atoms with Crippen molar-refractivity contribution in [3.63, 3.8) is 0 Å². The van der Waals surface area contributed by atoms with Crippen molar-refractivity contribution in [2.75, 3.05) is 26.2 Å². The van der Waals surface area contributed by atoms with Crippen molar-refractivity contribution in [3.8, 4) is 5.75 Å². The minimum atomic E-state index is -0.00349. The first kappa shape index (κ1) is 16.1. The molecule has 1 fully saturated rings. The Labute approximate surface area is 134 Å². The van der Waals surface area contributed by atoms with E-state index in [2.05, 4.69) is 40.4 Å². The number of rotatable bonds is 7. The number of hydrogen-bond donors (Lipinski definition) is 2. The zero-order valence-electron chi connectivity index (χ0n) is 12.5. The highest BCUT2D eigenvalue weighted by atomic mass is 79.9. The van der Waals surface area contributed by atoms with Crippen LogP contribution in [0.15, 0.2) is 22.7 Å². The number of ether oxygens (including phenoxy) is 1. The molecule has 5 nitrogen and oxygen atoms in total. The minimum absolute atomic E-state index is 0.00349. The van der Waals surface area contributed by atoms with Gasteiger partial charge >= 0.3 is 6.03 Å². The normalized spacial score (nSPS) is 14.7. The van der Waals surface area contributed by atoms with Crippen molar-refractivity contribution in [2.24, 2.45) is 0 Å². The summed E-state index contributed by atoms with van der Waals surface area (Å²) >= 11 is 3.55. The lowest BCUT2D eigenvalue weighted by Crippen LogP contribution is -2.31. The second-order valence-corrected chi connectivity index (χ2v) is 6.21. The lowest BCUT2D eigenvalue weighted by molar-refractivity contribution is 0.202. The molecular weight excluding hydrogens is 334 g/mol. The third-order valence-electron chi connectivity index (χ3n) is 3.29. The molecule has 1 aromatic carbocycles. The third kappa shape index (κ3) is 4.89. The molecule has 6 heteroatoms. The van der Waals surface area contributed by atoms with Crippen LogP contribution in [0.4, 0.5) is 4.79 Å². The summed E-state index contributed by atoms with van der Waals surface area (Å²) in [6, 6.07) is 6.40. The molecule has 0 unspecified atom stereocenters. The highest BCUT2D eigenvalue weighted by molar-refractivity contribution is 9.10. The van der Waals surface area contributed by atoms with Gasteiger partial charge in [0.1, 0.15) is 12.4 Å². The lowest BCUT2D eigenvalue weighted by atomic mass is 10.2. The number of benzene rings is 1. The predicted molar refractivity (Wildman–Crippen MR) is 86.6 cm³/mol. The molecular formula is C15H22BrN3O2. The first-order valence-corrected chi connectivity index (χ1v) is 8.03. The Hall–Kier alpha value is -1.27. The molecule has 0 saturated carbocycles. The van der Waals surface area contributed by atoms with E-state index in [-0.39, 0.29) is 6.03 Å². The van der Waals surface area contributed by atoms with Gasteiger partial charge in [-0.05, 0) is 23.8 Å². The molecule has 2 amide bonds. The SMILES string of the molecule is CC(C)NCc1cc(OCCN2CCNC2=O)ccc1Br. The van der Waals surface area contributed by atoms with Crippen LogP contribution in [0.2, 0.25) is 0 Å². The van der Waals surface area contributed by atoms with Crippen LogP contribution in [0.5, 0.6) is 5.75 Å². The van der Waals surface area contributed by atoms with Gasteiger partial charge in [-0.25, -0.2) is 4.79 Å². The van der Waals surface area contributed by atoms with Gasteiger partial charge in [0.2, 0.25) is 0 Å². The molecule has 0 radical (unpaired) electrons. The number of amides is 2. The number of hydrogen-bond acceptors (Lipinski definition) is 3. The van der Waals surface area contributed by atoms with Gasteiger partial charge in [0, 0.05) is 30.1 Å². The van der Waals surface area contributed by atoms with Crippen molar-refractivity contribution in [2.45, 2.75) is 26.4 Å². The number of nitrogens with zero attached hydrogens (tertiary/aromatic N) is 1. The van der Waals surface area contributed by atoms with Crippen molar-refractivity contribution in [3.05, 3.63) is 28.2 Å². The number of carbonyl (C=O) groups excluding carboxylic acids is 1. The predicted octanol–water partition coefficient (Wildman–Crippen LogP) is 2.35. The topological polar surface area (TPSA) is 53.6 Å². The van der Waals surface area contributed by atoms with Gasteiger partial charge in [-0.3, -0.25) is 0 Å². The van der Waals surface area contributed by atoms with Gasteiger partial charge < -0.3 is 20.3 Å². The molecule has 0 bridgehead atoms. The Kier molecular flexibility index (Phi) is 5.87. The van der Waals surface area contributed by atoms with E-state index in [0.29, 0.717) is 19.2 Å². The molecule has 0 atom stereocenters. The second-order valence-electron chi connectivity index (χ2n) is 5.36. The van der Waals surface area contributed by atoms with Crippen LogP contribution in [-0.4, -0.2) is 43.2 Å². The fourth-order valence-electron chi connectivity index (χ4n) is 2.09. The lowest BCUT2D eigenvalue weighted by Gasteiger charge is -2.15. The van der Waals surface area contributed by atoms with Crippen molar-refractivity contribution < 1.29 is 9.53 Å². The molecule has 21 heavy (non-hydrogen) atoms. The van der Waals surface area contributed by atoms with E-state index >= 15 is 0 Å². The first-order chi connectivity index (χ1) is 10.1. The van der Waals surface area contributed by atoms with Crippen molar-refractivity contribution >= 4 is 22.0 Å². The average Bonchev–Trinajstić information content (AvgIpc) is 2.84. The van der Waals surface area contributed by atoms with E-state index in [1.54, 1.807) is 4.90 Å². The van der Waals surface area contributed by atoms with Crippen LogP contribution in [0.1, 0.15) is 19.4 Å². The zero-order chi connectivity index (χ0) is 15.2. The maximum atomic E-state index is 11.4. The fraction of sp³-hybridized carbons (Fsp3) is 0.533. The van der Waals surface area contributed by atoms with E-state index in [1.165, 1.54) is 5.56 Å². The molecule has 0 spiro atoms. The number of carbonyl (C=O) groups is 1. The molecule has 116 valence electrons. The van der Waals surface area contributed by atoms with Gasteiger partial charge in [-0.1, -0.05) is 29.8 Å². The van der Waals surface area contributed by atoms with Crippen LogP contribution in [0, 0.1) is 0 Å². The summed E-state index contributed by atoms with van der Waals surface area (Å²) in [6.45, 7) is 7.64. The maximum absolute atomic E-state index is 11.4. The molecule has 1 saturated heterocycles. The number of urea groups is 1. The zero-order valence-corrected chi connectivity index (χ0v) is 14.1. The van der Waals surface area contributed by atoms with E-state index in [4.69, 9.17) is 4.74 Å². The van der Waals surface area contributed by atoms with Gasteiger partial charge in [0.05, 0.1) is 6.54 Å². The number of halogens is 1. The highest BCUT2D eigenvalue weighted by Gasteiger charge is 2.18. The smallest absolute Gasteiger partial charge is 0.317 e. The Bertz CT molecular complexity index is 494. The van der Waals surface area contributed by atoms with E-state index < -0.39 is 0 Å².